The molecule has 0 aromatic heterocycles. The molecule has 0 saturated carbocycles. The van der Waals surface area contributed by atoms with Crippen molar-refractivity contribution in [1.82, 2.24) is 14.9 Å². The average Bonchev–Trinajstić information content (AvgIpc) is 2.95. The number of carbonyl (C=O) groups is 3. The van der Waals surface area contributed by atoms with Gasteiger partial charge in [0.2, 0.25) is 15.9 Å². The Morgan fingerprint density at radius 2 is 1.52 bits per heavy atom. The molecular formula is C20H21N3O5S. The zero-order chi connectivity index (χ0) is 21.2. The number of nitrogens with zero attached hydrogens (tertiary/aromatic N) is 1. The van der Waals surface area contributed by atoms with Gasteiger partial charge in [0.1, 0.15) is 6.04 Å². The van der Waals surface area contributed by atoms with E-state index in [2.05, 4.69) is 10.0 Å². The zero-order valence-corrected chi connectivity index (χ0v) is 16.8. The molecule has 1 atom stereocenters. The molecule has 2 N–H and O–H groups in total. The van der Waals surface area contributed by atoms with Crippen molar-refractivity contribution in [3.63, 3.8) is 0 Å². The number of carbonyl (C=O) groups excluding carboxylic acids is 3. The summed E-state index contributed by atoms with van der Waals surface area (Å²) in [5, 5.41) is 2.55. The summed E-state index contributed by atoms with van der Waals surface area (Å²) >= 11 is 0. The second-order valence-corrected chi connectivity index (χ2v) is 8.47. The lowest BCUT2D eigenvalue weighted by Crippen LogP contribution is -2.49. The Morgan fingerprint density at radius 3 is 2.07 bits per heavy atom. The summed E-state index contributed by atoms with van der Waals surface area (Å²) in [5.74, 6) is -1.59. The van der Waals surface area contributed by atoms with Gasteiger partial charge in [-0.3, -0.25) is 19.3 Å². The molecule has 0 saturated heterocycles. The van der Waals surface area contributed by atoms with E-state index in [4.69, 9.17) is 0 Å². The number of benzene rings is 2. The van der Waals surface area contributed by atoms with Crippen LogP contribution in [-0.2, 0) is 14.8 Å². The van der Waals surface area contributed by atoms with Crippen molar-refractivity contribution in [2.75, 3.05) is 13.1 Å². The molecule has 1 aliphatic heterocycles. The summed E-state index contributed by atoms with van der Waals surface area (Å²) < 4.78 is 26.8. The number of aryl methyl sites for hydroxylation is 1. The molecule has 3 amide bonds. The first kappa shape index (κ1) is 20.7. The molecule has 9 heteroatoms. The smallest absolute Gasteiger partial charge is 0.262 e. The third-order valence-corrected chi connectivity index (χ3v) is 6.12. The van der Waals surface area contributed by atoms with Gasteiger partial charge in [-0.2, -0.15) is 0 Å². The van der Waals surface area contributed by atoms with E-state index in [-0.39, 0.29) is 29.1 Å². The fourth-order valence-corrected chi connectivity index (χ4v) is 4.03. The number of nitrogens with one attached hydrogen (secondary N) is 2. The molecule has 0 aliphatic carbocycles. The second-order valence-electron chi connectivity index (χ2n) is 6.70. The predicted octanol–water partition coefficient (Wildman–Crippen LogP) is 1.07. The first-order valence-corrected chi connectivity index (χ1v) is 10.5. The van der Waals surface area contributed by atoms with E-state index in [1.165, 1.54) is 19.1 Å². The lowest BCUT2D eigenvalue weighted by atomic mass is 10.1. The van der Waals surface area contributed by atoms with E-state index in [1.54, 1.807) is 36.4 Å². The highest BCUT2D eigenvalue weighted by Crippen LogP contribution is 2.24. The molecule has 2 aromatic rings. The number of hydrogen-bond donors (Lipinski definition) is 2. The van der Waals surface area contributed by atoms with E-state index in [0.717, 1.165) is 10.5 Å². The van der Waals surface area contributed by atoms with Crippen molar-refractivity contribution < 1.29 is 22.8 Å². The maximum Gasteiger partial charge on any atom is 0.262 e. The van der Waals surface area contributed by atoms with E-state index in [9.17, 15) is 22.8 Å². The van der Waals surface area contributed by atoms with Gasteiger partial charge in [0.15, 0.2) is 0 Å². The molecule has 3 rings (SSSR count). The summed E-state index contributed by atoms with van der Waals surface area (Å²) in [5.41, 5.74) is 1.48. The van der Waals surface area contributed by atoms with E-state index < -0.39 is 33.8 Å². The first-order chi connectivity index (χ1) is 13.7. The van der Waals surface area contributed by atoms with Crippen LogP contribution in [0.3, 0.4) is 0 Å². The van der Waals surface area contributed by atoms with Crippen LogP contribution in [0.4, 0.5) is 0 Å². The summed E-state index contributed by atoms with van der Waals surface area (Å²) in [6.07, 6.45) is 0. The Hall–Kier alpha value is -3.04. The Balaban J connectivity index is 1.54. The van der Waals surface area contributed by atoms with Gasteiger partial charge < -0.3 is 5.32 Å². The maximum absolute atomic E-state index is 12.4. The van der Waals surface area contributed by atoms with Crippen LogP contribution < -0.4 is 10.0 Å². The number of rotatable bonds is 7. The standard InChI is InChI=1S/C20H21N3O5S/c1-13-7-9-15(10-8-13)29(27,28)22-12-11-21-18(24)14(2)23-19(25)16-5-3-4-6-17(16)20(23)26/h3-10,14,22H,11-12H2,1-2H3,(H,21,24). The van der Waals surface area contributed by atoms with Crippen LogP contribution in [0, 0.1) is 6.92 Å². The van der Waals surface area contributed by atoms with Crippen LogP contribution in [0.2, 0.25) is 0 Å². The van der Waals surface area contributed by atoms with Gasteiger partial charge in [0.05, 0.1) is 16.0 Å². The van der Waals surface area contributed by atoms with Crippen LogP contribution in [0.25, 0.3) is 0 Å². The van der Waals surface area contributed by atoms with Crippen LogP contribution in [-0.4, -0.2) is 50.2 Å². The van der Waals surface area contributed by atoms with Crippen molar-refractivity contribution in [3.8, 4) is 0 Å². The van der Waals surface area contributed by atoms with E-state index >= 15 is 0 Å². The molecule has 2 aromatic carbocycles. The minimum atomic E-state index is -3.68. The minimum Gasteiger partial charge on any atom is -0.353 e. The normalized spacial score (nSPS) is 14.6. The van der Waals surface area contributed by atoms with Gasteiger partial charge >= 0.3 is 0 Å². The van der Waals surface area contributed by atoms with Crippen LogP contribution in [0.15, 0.2) is 53.4 Å². The van der Waals surface area contributed by atoms with Crippen molar-refractivity contribution in [2.24, 2.45) is 0 Å². The highest BCUT2D eigenvalue weighted by atomic mass is 32.2. The third-order valence-electron chi connectivity index (χ3n) is 4.64. The molecule has 152 valence electrons. The number of amides is 3. The van der Waals surface area contributed by atoms with Crippen LogP contribution in [0.1, 0.15) is 33.2 Å². The summed E-state index contributed by atoms with van der Waals surface area (Å²) in [6.45, 7) is 3.29. The van der Waals surface area contributed by atoms with Crippen molar-refractivity contribution in [3.05, 3.63) is 65.2 Å². The van der Waals surface area contributed by atoms with Gasteiger partial charge in [0.25, 0.3) is 11.8 Å². The topological polar surface area (TPSA) is 113 Å². The average molecular weight is 415 g/mol. The molecule has 0 fully saturated rings. The highest BCUT2D eigenvalue weighted by Gasteiger charge is 2.40. The van der Waals surface area contributed by atoms with Crippen molar-refractivity contribution in [2.45, 2.75) is 24.8 Å². The van der Waals surface area contributed by atoms with Crippen molar-refractivity contribution in [1.29, 1.82) is 0 Å². The van der Waals surface area contributed by atoms with E-state index in [0.29, 0.717) is 0 Å². The molecule has 0 spiro atoms. The van der Waals surface area contributed by atoms with Crippen LogP contribution in [0.5, 0.6) is 0 Å². The predicted molar refractivity (Wildman–Crippen MR) is 106 cm³/mol. The summed E-state index contributed by atoms with van der Waals surface area (Å²) in [4.78, 5) is 38.3. The van der Waals surface area contributed by atoms with Gasteiger partial charge in [0, 0.05) is 13.1 Å². The van der Waals surface area contributed by atoms with Gasteiger partial charge in [-0.25, -0.2) is 13.1 Å². The highest BCUT2D eigenvalue weighted by molar-refractivity contribution is 7.89. The van der Waals surface area contributed by atoms with Crippen LogP contribution >= 0.6 is 0 Å². The van der Waals surface area contributed by atoms with Crippen molar-refractivity contribution >= 4 is 27.7 Å². The van der Waals surface area contributed by atoms with Gasteiger partial charge in [-0.1, -0.05) is 29.8 Å². The Labute approximate surface area is 169 Å². The molecule has 29 heavy (non-hydrogen) atoms. The number of sulfonamides is 1. The summed E-state index contributed by atoms with van der Waals surface area (Å²) in [7, 11) is -3.68. The first-order valence-electron chi connectivity index (χ1n) is 9.03. The molecule has 0 radical (unpaired) electrons. The molecule has 1 aliphatic rings. The number of hydrogen-bond acceptors (Lipinski definition) is 5. The molecule has 1 heterocycles. The fourth-order valence-electron chi connectivity index (χ4n) is 3.00. The van der Waals surface area contributed by atoms with E-state index in [1.807, 2.05) is 6.92 Å². The fraction of sp³-hybridized carbons (Fsp3) is 0.250. The lowest BCUT2D eigenvalue weighted by Gasteiger charge is -2.21. The second kappa shape index (κ2) is 8.14. The zero-order valence-electron chi connectivity index (χ0n) is 16.0. The number of imide groups is 1. The molecule has 0 bridgehead atoms. The Morgan fingerprint density at radius 1 is 0.966 bits per heavy atom. The minimum absolute atomic E-state index is 0.0113. The Kier molecular flexibility index (Phi) is 5.81. The molecule has 1 unspecified atom stereocenters. The molecule has 8 nitrogen and oxygen atoms in total. The quantitative estimate of drug-likeness (QED) is 0.519. The maximum atomic E-state index is 12.4. The monoisotopic (exact) mass is 415 g/mol. The largest absolute Gasteiger partial charge is 0.353 e. The van der Waals surface area contributed by atoms with Gasteiger partial charge in [-0.15, -0.1) is 0 Å². The summed E-state index contributed by atoms with van der Waals surface area (Å²) in [6, 6.07) is 11.8. The third kappa shape index (κ3) is 4.20. The molecular weight excluding hydrogens is 394 g/mol. The Bertz CT molecular complexity index is 1030. The number of fused-ring (bicyclic) bond motifs is 1. The lowest BCUT2D eigenvalue weighted by molar-refractivity contribution is -0.124. The SMILES string of the molecule is Cc1ccc(S(=O)(=O)NCCNC(=O)C(C)N2C(=O)c3ccccc3C2=O)cc1. The van der Waals surface area contributed by atoms with Gasteiger partial charge in [-0.05, 0) is 38.1 Å².